The molecular formula is C24H34N4O6. The maximum Gasteiger partial charge on any atom is 0.325 e. The number of urea groups is 1. The van der Waals surface area contributed by atoms with Crippen molar-refractivity contribution in [2.45, 2.75) is 58.4 Å². The molecule has 5 amide bonds. The van der Waals surface area contributed by atoms with Crippen molar-refractivity contribution in [2.75, 3.05) is 20.3 Å². The average molecular weight is 475 g/mol. The Kier molecular flexibility index (Phi) is 8.01. The third kappa shape index (κ3) is 5.78. The van der Waals surface area contributed by atoms with Gasteiger partial charge in [-0.25, -0.2) is 4.79 Å². The Bertz CT molecular complexity index is 939. The monoisotopic (exact) mass is 474 g/mol. The first-order valence-electron chi connectivity index (χ1n) is 11.7. The molecule has 1 aliphatic heterocycles. The Morgan fingerprint density at radius 2 is 1.88 bits per heavy atom. The van der Waals surface area contributed by atoms with Gasteiger partial charge in [-0.1, -0.05) is 20.8 Å². The third-order valence-corrected chi connectivity index (χ3v) is 6.37. The highest BCUT2D eigenvalue weighted by Crippen LogP contribution is 2.36. The largest absolute Gasteiger partial charge is 0.493 e. The van der Waals surface area contributed by atoms with Crippen LogP contribution in [0, 0.1) is 11.8 Å². The molecule has 0 radical (unpaired) electrons. The van der Waals surface area contributed by atoms with Gasteiger partial charge in [-0.2, -0.15) is 0 Å². The molecule has 1 aromatic rings. The first-order chi connectivity index (χ1) is 16.1. The van der Waals surface area contributed by atoms with E-state index in [1.165, 1.54) is 13.2 Å². The number of nitrogens with zero attached hydrogens (tertiary/aromatic N) is 1. The number of hydrazine groups is 1. The topological polar surface area (TPSA) is 126 Å². The summed E-state index contributed by atoms with van der Waals surface area (Å²) in [7, 11) is 1.48. The molecule has 0 atom stereocenters. The Morgan fingerprint density at radius 3 is 2.53 bits per heavy atom. The predicted octanol–water partition coefficient (Wildman–Crippen LogP) is 2.38. The van der Waals surface area contributed by atoms with Gasteiger partial charge in [0.2, 0.25) is 0 Å². The Labute approximate surface area is 199 Å². The van der Waals surface area contributed by atoms with E-state index in [0.29, 0.717) is 42.8 Å². The molecule has 34 heavy (non-hydrogen) atoms. The van der Waals surface area contributed by atoms with Crippen LogP contribution in [-0.2, 0) is 9.59 Å². The van der Waals surface area contributed by atoms with Gasteiger partial charge in [0, 0.05) is 5.56 Å². The average Bonchev–Trinajstić information content (AvgIpc) is 3.03. The molecule has 0 unspecified atom stereocenters. The van der Waals surface area contributed by atoms with Gasteiger partial charge in [0.15, 0.2) is 11.5 Å². The van der Waals surface area contributed by atoms with Crippen molar-refractivity contribution in [1.29, 1.82) is 0 Å². The molecule has 1 aliphatic carbocycles. The third-order valence-electron chi connectivity index (χ3n) is 6.37. The van der Waals surface area contributed by atoms with Crippen molar-refractivity contribution in [3.8, 4) is 11.5 Å². The van der Waals surface area contributed by atoms with E-state index in [0.717, 1.165) is 24.2 Å². The van der Waals surface area contributed by atoms with E-state index in [9.17, 15) is 19.2 Å². The summed E-state index contributed by atoms with van der Waals surface area (Å²) in [4.78, 5) is 51.0. The summed E-state index contributed by atoms with van der Waals surface area (Å²) >= 11 is 0. The predicted molar refractivity (Wildman–Crippen MR) is 124 cm³/mol. The number of rotatable bonds is 8. The lowest BCUT2D eigenvalue weighted by Crippen LogP contribution is -2.50. The van der Waals surface area contributed by atoms with Crippen LogP contribution in [0.15, 0.2) is 18.2 Å². The highest BCUT2D eigenvalue weighted by atomic mass is 16.5. The summed E-state index contributed by atoms with van der Waals surface area (Å²) < 4.78 is 11.0. The number of hydrogen-bond acceptors (Lipinski definition) is 6. The summed E-state index contributed by atoms with van der Waals surface area (Å²) in [5.41, 5.74) is 3.90. The van der Waals surface area contributed by atoms with Crippen molar-refractivity contribution in [3.05, 3.63) is 23.8 Å². The summed E-state index contributed by atoms with van der Waals surface area (Å²) in [5.74, 6) is 0.279. The minimum atomic E-state index is -0.914. The minimum Gasteiger partial charge on any atom is -0.493 e. The van der Waals surface area contributed by atoms with Crippen LogP contribution in [-0.4, -0.2) is 54.5 Å². The molecule has 2 aliphatic rings. The number of imide groups is 1. The molecule has 1 saturated carbocycles. The van der Waals surface area contributed by atoms with Crippen LogP contribution in [0.25, 0.3) is 0 Å². The van der Waals surface area contributed by atoms with E-state index in [4.69, 9.17) is 9.47 Å². The molecule has 0 aromatic heterocycles. The number of benzene rings is 1. The standard InChI is InChI=1S/C24H34N4O6/c1-15(2)9-12-34-18-6-5-17(13-19(18)33-4)21(30)27-26-20(29)14-28-22(31)24(25-23(28)32)10-7-16(3)8-11-24/h5-6,13,15-16H,7-12,14H2,1-4H3,(H,25,32)(H,26,29)(H,27,30). The second-order valence-electron chi connectivity index (χ2n) is 9.49. The van der Waals surface area contributed by atoms with Crippen LogP contribution in [0.2, 0.25) is 0 Å². The molecule has 10 heteroatoms. The van der Waals surface area contributed by atoms with Crippen LogP contribution in [0.4, 0.5) is 4.79 Å². The summed E-state index contributed by atoms with van der Waals surface area (Å²) in [6.07, 6.45) is 3.69. The van der Waals surface area contributed by atoms with Crippen LogP contribution >= 0.6 is 0 Å². The highest BCUT2D eigenvalue weighted by molar-refractivity contribution is 6.09. The van der Waals surface area contributed by atoms with Gasteiger partial charge >= 0.3 is 6.03 Å². The fourth-order valence-corrected chi connectivity index (χ4v) is 4.13. The number of carbonyl (C=O) groups is 4. The lowest BCUT2D eigenvalue weighted by atomic mass is 9.77. The number of carbonyl (C=O) groups excluding carboxylic acids is 4. The van der Waals surface area contributed by atoms with Gasteiger partial charge in [0.05, 0.1) is 13.7 Å². The molecule has 3 rings (SSSR count). The van der Waals surface area contributed by atoms with Crippen molar-refractivity contribution in [2.24, 2.45) is 11.8 Å². The molecule has 1 saturated heterocycles. The van der Waals surface area contributed by atoms with Gasteiger partial charge in [-0.05, 0) is 62.1 Å². The van der Waals surface area contributed by atoms with Crippen molar-refractivity contribution in [3.63, 3.8) is 0 Å². The number of amides is 5. The van der Waals surface area contributed by atoms with E-state index < -0.39 is 29.9 Å². The van der Waals surface area contributed by atoms with Crippen molar-refractivity contribution < 1.29 is 28.7 Å². The SMILES string of the molecule is COc1cc(C(=O)NNC(=O)CN2C(=O)NC3(CCC(C)CC3)C2=O)ccc1OCCC(C)C. The zero-order valence-corrected chi connectivity index (χ0v) is 20.2. The molecular weight excluding hydrogens is 440 g/mol. The first-order valence-corrected chi connectivity index (χ1v) is 11.7. The molecule has 3 N–H and O–H groups in total. The maximum atomic E-state index is 12.9. The Balaban J connectivity index is 1.53. The Hall–Kier alpha value is -3.30. The number of methoxy groups -OCH3 is 1. The maximum absolute atomic E-state index is 12.9. The van der Waals surface area contributed by atoms with E-state index in [2.05, 4.69) is 36.9 Å². The zero-order valence-electron chi connectivity index (χ0n) is 20.2. The number of hydrogen-bond donors (Lipinski definition) is 3. The van der Waals surface area contributed by atoms with Gasteiger partial charge in [-0.15, -0.1) is 0 Å². The van der Waals surface area contributed by atoms with Gasteiger partial charge in [0.1, 0.15) is 12.1 Å². The molecule has 1 aromatic carbocycles. The van der Waals surface area contributed by atoms with E-state index in [-0.39, 0.29) is 11.5 Å². The molecule has 186 valence electrons. The normalized spacial score (nSPS) is 22.0. The molecule has 1 spiro atoms. The molecule has 1 heterocycles. The molecule has 10 nitrogen and oxygen atoms in total. The van der Waals surface area contributed by atoms with Crippen LogP contribution in [0.1, 0.15) is 63.2 Å². The molecule has 2 fully saturated rings. The van der Waals surface area contributed by atoms with Crippen molar-refractivity contribution in [1.82, 2.24) is 21.1 Å². The van der Waals surface area contributed by atoms with Crippen LogP contribution in [0.5, 0.6) is 11.5 Å². The number of nitrogens with one attached hydrogen (secondary N) is 3. The first kappa shape index (κ1) is 25.3. The highest BCUT2D eigenvalue weighted by Gasteiger charge is 2.52. The van der Waals surface area contributed by atoms with Gasteiger partial charge in [-0.3, -0.25) is 30.1 Å². The number of ether oxygens (including phenoxy) is 2. The fraction of sp³-hybridized carbons (Fsp3) is 0.583. The van der Waals surface area contributed by atoms with Crippen LogP contribution < -0.4 is 25.6 Å². The summed E-state index contributed by atoms with van der Waals surface area (Å²) in [6.45, 7) is 6.36. The lowest BCUT2D eigenvalue weighted by Gasteiger charge is -2.33. The van der Waals surface area contributed by atoms with Crippen molar-refractivity contribution >= 4 is 23.8 Å². The molecule has 0 bridgehead atoms. The Morgan fingerprint density at radius 1 is 1.18 bits per heavy atom. The fourth-order valence-electron chi connectivity index (χ4n) is 4.13. The summed E-state index contributed by atoms with van der Waals surface area (Å²) in [6, 6.07) is 4.12. The smallest absolute Gasteiger partial charge is 0.325 e. The van der Waals surface area contributed by atoms with Gasteiger partial charge < -0.3 is 14.8 Å². The second-order valence-corrected chi connectivity index (χ2v) is 9.49. The summed E-state index contributed by atoms with van der Waals surface area (Å²) in [5, 5.41) is 2.77. The van der Waals surface area contributed by atoms with E-state index in [1.54, 1.807) is 12.1 Å². The lowest BCUT2D eigenvalue weighted by molar-refractivity contribution is -0.136. The zero-order chi connectivity index (χ0) is 24.9. The minimum absolute atomic E-state index is 0.249. The second kappa shape index (κ2) is 10.8. The quantitative estimate of drug-likeness (QED) is 0.392. The van der Waals surface area contributed by atoms with Crippen LogP contribution in [0.3, 0.4) is 0 Å². The van der Waals surface area contributed by atoms with E-state index in [1.807, 2.05) is 0 Å². The van der Waals surface area contributed by atoms with E-state index >= 15 is 0 Å². The van der Waals surface area contributed by atoms with Gasteiger partial charge in [0.25, 0.3) is 17.7 Å².